The van der Waals surface area contributed by atoms with Crippen molar-refractivity contribution in [3.63, 3.8) is 0 Å². The lowest BCUT2D eigenvalue weighted by atomic mass is 9.73. The van der Waals surface area contributed by atoms with Gasteiger partial charge in [-0.2, -0.15) is 0 Å². The lowest BCUT2D eigenvalue weighted by Gasteiger charge is -2.33. The van der Waals surface area contributed by atoms with Crippen LogP contribution in [0.1, 0.15) is 32.6 Å². The lowest BCUT2D eigenvalue weighted by molar-refractivity contribution is -0.116. The van der Waals surface area contributed by atoms with Gasteiger partial charge in [-0.25, -0.2) is 0 Å². The molecule has 0 unspecified atom stereocenters. The number of nitrogens with one attached hydrogen (secondary N) is 1. The first-order valence-electron chi connectivity index (χ1n) is 5.14. The standard InChI is InChI=1S/C11H19NO/c1-3-11(13)12-8-4-5-10-7-6-9(10)2/h3,9-10H,1,4-8H2,2H3,(H,12,13)/t9-,10-/m0/s1. The van der Waals surface area contributed by atoms with E-state index in [1.807, 2.05) is 0 Å². The van der Waals surface area contributed by atoms with Gasteiger partial charge in [-0.3, -0.25) is 4.79 Å². The molecule has 0 aromatic rings. The predicted octanol–water partition coefficient (Wildman–Crippen LogP) is 2.11. The summed E-state index contributed by atoms with van der Waals surface area (Å²) < 4.78 is 0. The van der Waals surface area contributed by atoms with Crippen molar-refractivity contribution < 1.29 is 4.79 Å². The summed E-state index contributed by atoms with van der Waals surface area (Å²) in [5.41, 5.74) is 0. The van der Waals surface area contributed by atoms with E-state index in [1.54, 1.807) is 0 Å². The maximum absolute atomic E-state index is 10.8. The molecule has 0 aliphatic heterocycles. The maximum atomic E-state index is 10.8. The number of hydrogen-bond acceptors (Lipinski definition) is 1. The number of rotatable bonds is 5. The summed E-state index contributed by atoms with van der Waals surface area (Å²) in [4.78, 5) is 10.8. The third-order valence-electron chi connectivity index (χ3n) is 3.03. The van der Waals surface area contributed by atoms with Gasteiger partial charge in [0.1, 0.15) is 0 Å². The summed E-state index contributed by atoms with van der Waals surface area (Å²) in [5, 5.41) is 2.79. The summed E-state index contributed by atoms with van der Waals surface area (Å²) in [7, 11) is 0. The van der Waals surface area contributed by atoms with Gasteiger partial charge < -0.3 is 5.32 Å². The highest BCUT2D eigenvalue weighted by Crippen LogP contribution is 2.36. The summed E-state index contributed by atoms with van der Waals surface area (Å²) >= 11 is 0. The molecule has 1 fully saturated rings. The summed E-state index contributed by atoms with van der Waals surface area (Å²) in [6, 6.07) is 0. The fourth-order valence-corrected chi connectivity index (χ4v) is 1.81. The van der Waals surface area contributed by atoms with E-state index in [1.165, 1.54) is 25.3 Å². The second-order valence-corrected chi connectivity index (χ2v) is 3.95. The average molecular weight is 181 g/mol. The molecule has 0 bridgehead atoms. The first kappa shape index (κ1) is 10.3. The number of hydrogen-bond donors (Lipinski definition) is 1. The van der Waals surface area contributed by atoms with Crippen LogP contribution < -0.4 is 5.32 Å². The Hall–Kier alpha value is -0.790. The summed E-state index contributed by atoms with van der Waals surface area (Å²) in [6.07, 6.45) is 6.47. The van der Waals surface area contributed by atoms with Crippen LogP contribution in [0.15, 0.2) is 12.7 Å². The predicted molar refractivity (Wildman–Crippen MR) is 54.3 cm³/mol. The lowest BCUT2D eigenvalue weighted by Crippen LogP contribution is -2.26. The van der Waals surface area contributed by atoms with Crippen molar-refractivity contribution in [1.29, 1.82) is 0 Å². The highest BCUT2D eigenvalue weighted by Gasteiger charge is 2.25. The van der Waals surface area contributed by atoms with Crippen LogP contribution in [0, 0.1) is 11.8 Å². The van der Waals surface area contributed by atoms with E-state index >= 15 is 0 Å². The second-order valence-electron chi connectivity index (χ2n) is 3.95. The highest BCUT2D eigenvalue weighted by molar-refractivity contribution is 5.86. The molecule has 1 aliphatic carbocycles. The van der Waals surface area contributed by atoms with Crippen LogP contribution in [-0.2, 0) is 4.79 Å². The molecule has 0 saturated heterocycles. The smallest absolute Gasteiger partial charge is 0.243 e. The summed E-state index contributed by atoms with van der Waals surface area (Å²) in [5.74, 6) is 1.78. The molecule has 1 saturated carbocycles. The van der Waals surface area contributed by atoms with Crippen LogP contribution in [0.25, 0.3) is 0 Å². The van der Waals surface area contributed by atoms with E-state index in [4.69, 9.17) is 0 Å². The van der Waals surface area contributed by atoms with Crippen molar-refractivity contribution >= 4 is 5.91 Å². The van der Waals surface area contributed by atoms with Gasteiger partial charge in [-0.1, -0.05) is 19.9 Å². The summed E-state index contributed by atoms with van der Waals surface area (Å²) in [6.45, 7) is 6.52. The molecule has 1 amide bonds. The Labute approximate surface area is 80.4 Å². The molecule has 1 rings (SSSR count). The Bertz CT molecular complexity index is 189. The van der Waals surface area contributed by atoms with E-state index < -0.39 is 0 Å². The Balaban J connectivity index is 1.95. The molecule has 2 atom stereocenters. The Kier molecular flexibility index (Phi) is 4.00. The first-order chi connectivity index (χ1) is 6.24. The zero-order valence-electron chi connectivity index (χ0n) is 8.38. The van der Waals surface area contributed by atoms with Crippen molar-refractivity contribution in [1.82, 2.24) is 5.32 Å². The number of carbonyl (C=O) groups excluding carboxylic acids is 1. The normalized spacial score (nSPS) is 26.2. The van der Waals surface area contributed by atoms with Gasteiger partial charge in [-0.05, 0) is 37.2 Å². The zero-order valence-corrected chi connectivity index (χ0v) is 8.38. The van der Waals surface area contributed by atoms with Crippen molar-refractivity contribution in [3.05, 3.63) is 12.7 Å². The van der Waals surface area contributed by atoms with E-state index in [9.17, 15) is 4.79 Å². The van der Waals surface area contributed by atoms with E-state index in [2.05, 4.69) is 18.8 Å². The van der Waals surface area contributed by atoms with Crippen LogP contribution in [0.5, 0.6) is 0 Å². The Morgan fingerprint density at radius 2 is 2.38 bits per heavy atom. The molecule has 13 heavy (non-hydrogen) atoms. The molecule has 0 spiro atoms. The maximum Gasteiger partial charge on any atom is 0.243 e. The largest absolute Gasteiger partial charge is 0.353 e. The second kappa shape index (κ2) is 5.05. The molecule has 1 N–H and O–H groups in total. The van der Waals surface area contributed by atoms with E-state index in [0.717, 1.165) is 24.8 Å². The van der Waals surface area contributed by atoms with Gasteiger partial charge in [0, 0.05) is 6.54 Å². The zero-order chi connectivity index (χ0) is 9.68. The molecule has 0 heterocycles. The van der Waals surface area contributed by atoms with Crippen LogP contribution in [0.3, 0.4) is 0 Å². The van der Waals surface area contributed by atoms with Gasteiger partial charge in [0.2, 0.25) is 5.91 Å². The van der Waals surface area contributed by atoms with Gasteiger partial charge in [0.05, 0.1) is 0 Å². The van der Waals surface area contributed by atoms with Gasteiger partial charge in [-0.15, -0.1) is 0 Å². The molecule has 0 radical (unpaired) electrons. The van der Waals surface area contributed by atoms with Crippen molar-refractivity contribution in [2.75, 3.05) is 6.54 Å². The molecule has 2 nitrogen and oxygen atoms in total. The number of carbonyl (C=O) groups is 1. The average Bonchev–Trinajstić information content (AvgIpc) is 2.14. The minimum Gasteiger partial charge on any atom is -0.353 e. The molecular formula is C11H19NO. The van der Waals surface area contributed by atoms with Crippen LogP contribution in [-0.4, -0.2) is 12.5 Å². The number of amides is 1. The third kappa shape index (κ3) is 3.21. The molecule has 0 aromatic carbocycles. The Morgan fingerprint density at radius 1 is 1.62 bits per heavy atom. The fourth-order valence-electron chi connectivity index (χ4n) is 1.81. The minimum atomic E-state index is -0.0540. The Morgan fingerprint density at radius 3 is 2.85 bits per heavy atom. The topological polar surface area (TPSA) is 29.1 Å². The van der Waals surface area contributed by atoms with Gasteiger partial charge in [0.15, 0.2) is 0 Å². The van der Waals surface area contributed by atoms with E-state index in [-0.39, 0.29) is 5.91 Å². The van der Waals surface area contributed by atoms with Crippen LogP contribution in [0.2, 0.25) is 0 Å². The fraction of sp³-hybridized carbons (Fsp3) is 0.727. The van der Waals surface area contributed by atoms with Gasteiger partial charge >= 0.3 is 0 Å². The van der Waals surface area contributed by atoms with Crippen molar-refractivity contribution in [2.45, 2.75) is 32.6 Å². The van der Waals surface area contributed by atoms with Crippen molar-refractivity contribution in [2.24, 2.45) is 11.8 Å². The molecule has 74 valence electrons. The minimum absolute atomic E-state index is 0.0540. The molecule has 2 heteroatoms. The van der Waals surface area contributed by atoms with Gasteiger partial charge in [0.25, 0.3) is 0 Å². The SMILES string of the molecule is C=CC(=O)NCCC[C@H]1CC[C@@H]1C. The molecule has 1 aliphatic rings. The van der Waals surface area contributed by atoms with E-state index in [0.29, 0.717) is 0 Å². The monoisotopic (exact) mass is 181 g/mol. The third-order valence-corrected chi connectivity index (χ3v) is 3.03. The van der Waals surface area contributed by atoms with Crippen molar-refractivity contribution in [3.8, 4) is 0 Å². The quantitative estimate of drug-likeness (QED) is 0.511. The van der Waals surface area contributed by atoms with Crippen LogP contribution >= 0.6 is 0 Å². The highest BCUT2D eigenvalue weighted by atomic mass is 16.1. The van der Waals surface area contributed by atoms with Crippen LogP contribution in [0.4, 0.5) is 0 Å². The first-order valence-corrected chi connectivity index (χ1v) is 5.14. The molecular weight excluding hydrogens is 162 g/mol. The molecule has 0 aromatic heterocycles.